The maximum atomic E-state index is 5.38. The molecule has 140 valence electrons. The summed E-state index contributed by atoms with van der Waals surface area (Å²) in [7, 11) is 3.42. The van der Waals surface area contributed by atoms with Crippen molar-refractivity contribution < 1.29 is 9.47 Å². The van der Waals surface area contributed by atoms with E-state index in [1.54, 1.807) is 14.2 Å². The first kappa shape index (κ1) is 18.7. The second kappa shape index (κ2) is 9.58. The van der Waals surface area contributed by atoms with Crippen LogP contribution in [0.3, 0.4) is 0 Å². The molecule has 0 bridgehead atoms. The average Bonchev–Trinajstić information content (AvgIpc) is 2.72. The number of nitrogens with zero attached hydrogens (tertiary/aromatic N) is 2. The summed E-state index contributed by atoms with van der Waals surface area (Å²) in [5.74, 6) is 2.58. The van der Waals surface area contributed by atoms with E-state index in [-0.39, 0.29) is 0 Å². The smallest absolute Gasteiger partial charge is 0.122 e. The van der Waals surface area contributed by atoms with E-state index < -0.39 is 0 Å². The van der Waals surface area contributed by atoms with E-state index in [0.29, 0.717) is 0 Å². The number of pyridine rings is 1. The zero-order chi connectivity index (χ0) is 18.2. The van der Waals surface area contributed by atoms with Crippen molar-refractivity contribution in [3.8, 4) is 11.5 Å². The molecule has 2 heterocycles. The van der Waals surface area contributed by atoms with Crippen molar-refractivity contribution in [1.82, 2.24) is 9.88 Å². The molecule has 4 heteroatoms. The Morgan fingerprint density at radius 1 is 0.923 bits per heavy atom. The van der Waals surface area contributed by atoms with Gasteiger partial charge in [-0.2, -0.15) is 0 Å². The Labute approximate surface area is 157 Å². The number of aryl methyl sites for hydroxylation is 1. The lowest BCUT2D eigenvalue weighted by Crippen LogP contribution is -2.35. The van der Waals surface area contributed by atoms with Crippen molar-refractivity contribution in [3.63, 3.8) is 0 Å². The molecule has 0 atom stereocenters. The summed E-state index contributed by atoms with van der Waals surface area (Å²) in [5.41, 5.74) is 2.69. The molecule has 1 fully saturated rings. The molecule has 1 saturated heterocycles. The number of ether oxygens (including phenoxy) is 2. The molecule has 0 radical (unpaired) electrons. The van der Waals surface area contributed by atoms with E-state index in [1.807, 2.05) is 18.5 Å². The Hall–Kier alpha value is -2.07. The maximum Gasteiger partial charge on any atom is 0.122 e. The second-order valence-electron chi connectivity index (χ2n) is 7.15. The van der Waals surface area contributed by atoms with Crippen LogP contribution in [-0.2, 0) is 12.8 Å². The van der Waals surface area contributed by atoms with E-state index in [9.17, 15) is 0 Å². The average molecular weight is 354 g/mol. The molecule has 0 N–H and O–H groups in total. The first-order valence-electron chi connectivity index (χ1n) is 9.60. The predicted molar refractivity (Wildman–Crippen MR) is 105 cm³/mol. The van der Waals surface area contributed by atoms with E-state index >= 15 is 0 Å². The van der Waals surface area contributed by atoms with Crippen LogP contribution in [0.25, 0.3) is 0 Å². The van der Waals surface area contributed by atoms with Gasteiger partial charge in [-0.25, -0.2) is 0 Å². The van der Waals surface area contributed by atoms with Gasteiger partial charge in [0.1, 0.15) is 11.5 Å². The first-order chi connectivity index (χ1) is 12.8. The highest BCUT2D eigenvalue weighted by Gasteiger charge is 2.19. The van der Waals surface area contributed by atoms with Crippen LogP contribution in [0.2, 0.25) is 0 Å². The number of methoxy groups -OCH3 is 2. The minimum absolute atomic E-state index is 0.823. The zero-order valence-electron chi connectivity index (χ0n) is 16.0. The summed E-state index contributed by atoms with van der Waals surface area (Å²) in [4.78, 5) is 6.69. The minimum atomic E-state index is 0.823. The molecule has 1 aliphatic rings. The molecule has 0 amide bonds. The van der Waals surface area contributed by atoms with Crippen LogP contribution in [0.1, 0.15) is 30.4 Å². The number of rotatable bonds is 8. The Balaban J connectivity index is 1.41. The third-order valence-corrected chi connectivity index (χ3v) is 5.43. The van der Waals surface area contributed by atoms with E-state index in [1.165, 1.54) is 43.5 Å². The second-order valence-corrected chi connectivity index (χ2v) is 7.15. The molecule has 0 saturated carbocycles. The number of hydrogen-bond acceptors (Lipinski definition) is 4. The fourth-order valence-corrected chi connectivity index (χ4v) is 3.72. The largest absolute Gasteiger partial charge is 0.497 e. The van der Waals surface area contributed by atoms with Gasteiger partial charge in [0.25, 0.3) is 0 Å². The lowest BCUT2D eigenvalue weighted by molar-refractivity contribution is 0.181. The number of aromatic nitrogens is 1. The number of hydrogen-bond donors (Lipinski definition) is 0. The highest BCUT2D eigenvalue weighted by Crippen LogP contribution is 2.27. The van der Waals surface area contributed by atoms with E-state index in [0.717, 1.165) is 36.8 Å². The summed E-state index contributed by atoms with van der Waals surface area (Å²) in [6, 6.07) is 10.4. The molecular formula is C22H30N2O2. The normalized spacial score (nSPS) is 15.8. The van der Waals surface area contributed by atoms with Crippen LogP contribution in [0.4, 0.5) is 0 Å². The summed E-state index contributed by atoms with van der Waals surface area (Å²) in [6.07, 6.45) is 9.83. The quantitative estimate of drug-likeness (QED) is 0.718. The topological polar surface area (TPSA) is 34.6 Å². The molecule has 1 aromatic carbocycles. The van der Waals surface area contributed by atoms with Gasteiger partial charge in [0.05, 0.1) is 14.2 Å². The van der Waals surface area contributed by atoms with Crippen molar-refractivity contribution in [2.45, 2.75) is 32.1 Å². The molecule has 0 spiro atoms. The SMILES string of the molecule is COc1cc(CCC2CCN(CCc3ccncc3)CC2)cc(OC)c1. The van der Waals surface area contributed by atoms with Crippen LogP contribution in [0.15, 0.2) is 42.7 Å². The highest BCUT2D eigenvalue weighted by atomic mass is 16.5. The van der Waals surface area contributed by atoms with Crippen molar-refractivity contribution in [2.24, 2.45) is 5.92 Å². The maximum absolute atomic E-state index is 5.38. The summed E-state index contributed by atoms with van der Waals surface area (Å²) in [6.45, 7) is 3.60. The van der Waals surface area contributed by atoms with Gasteiger partial charge >= 0.3 is 0 Å². The van der Waals surface area contributed by atoms with Gasteiger partial charge in [0, 0.05) is 25.0 Å². The van der Waals surface area contributed by atoms with Gasteiger partial charge in [-0.15, -0.1) is 0 Å². The van der Waals surface area contributed by atoms with Crippen LogP contribution in [-0.4, -0.2) is 43.7 Å². The lowest BCUT2D eigenvalue weighted by atomic mass is 9.90. The summed E-state index contributed by atoms with van der Waals surface area (Å²) in [5, 5.41) is 0. The van der Waals surface area contributed by atoms with Crippen LogP contribution in [0, 0.1) is 5.92 Å². The Kier molecular flexibility index (Phi) is 6.89. The number of benzene rings is 1. The van der Waals surface area contributed by atoms with Gasteiger partial charge in [-0.05, 0) is 86.5 Å². The monoisotopic (exact) mass is 354 g/mol. The molecule has 0 unspecified atom stereocenters. The summed E-state index contributed by atoms with van der Waals surface area (Å²) >= 11 is 0. The van der Waals surface area contributed by atoms with Crippen molar-refractivity contribution >= 4 is 0 Å². The van der Waals surface area contributed by atoms with Gasteiger partial charge in [0.2, 0.25) is 0 Å². The lowest BCUT2D eigenvalue weighted by Gasteiger charge is -2.32. The Bertz CT molecular complexity index is 645. The van der Waals surface area contributed by atoms with Crippen molar-refractivity contribution in [1.29, 1.82) is 0 Å². The van der Waals surface area contributed by atoms with Crippen molar-refractivity contribution in [3.05, 3.63) is 53.9 Å². The fourth-order valence-electron chi connectivity index (χ4n) is 3.72. The summed E-state index contributed by atoms with van der Waals surface area (Å²) < 4.78 is 10.8. The molecule has 1 aromatic heterocycles. The molecule has 0 aliphatic carbocycles. The molecule has 1 aliphatic heterocycles. The number of likely N-dealkylation sites (tertiary alicyclic amines) is 1. The highest BCUT2D eigenvalue weighted by molar-refractivity contribution is 5.38. The van der Waals surface area contributed by atoms with Gasteiger partial charge in [-0.1, -0.05) is 0 Å². The predicted octanol–water partition coefficient (Wildman–Crippen LogP) is 3.99. The van der Waals surface area contributed by atoms with Crippen molar-refractivity contribution in [2.75, 3.05) is 33.9 Å². The molecule has 3 rings (SSSR count). The van der Waals surface area contributed by atoms with Gasteiger partial charge < -0.3 is 14.4 Å². The fraction of sp³-hybridized carbons (Fsp3) is 0.500. The third-order valence-electron chi connectivity index (χ3n) is 5.43. The number of piperidine rings is 1. The molecule has 26 heavy (non-hydrogen) atoms. The molecule has 4 nitrogen and oxygen atoms in total. The van der Waals surface area contributed by atoms with E-state index in [4.69, 9.17) is 9.47 Å². The van der Waals surface area contributed by atoms with Crippen LogP contribution in [0.5, 0.6) is 11.5 Å². The zero-order valence-corrected chi connectivity index (χ0v) is 16.0. The van der Waals surface area contributed by atoms with Crippen LogP contribution < -0.4 is 9.47 Å². The molecule has 2 aromatic rings. The van der Waals surface area contributed by atoms with Gasteiger partial charge in [-0.3, -0.25) is 4.98 Å². The Morgan fingerprint density at radius 3 is 2.19 bits per heavy atom. The van der Waals surface area contributed by atoms with Gasteiger partial charge in [0.15, 0.2) is 0 Å². The first-order valence-corrected chi connectivity index (χ1v) is 9.60. The minimum Gasteiger partial charge on any atom is -0.497 e. The van der Waals surface area contributed by atoms with Crippen LogP contribution >= 0.6 is 0 Å². The standard InChI is InChI=1S/C22H30N2O2/c1-25-21-15-20(16-22(17-21)26-2)4-3-18-7-12-24(13-8-18)14-9-19-5-10-23-11-6-19/h5-6,10-11,15-18H,3-4,7-9,12-14H2,1-2H3. The Morgan fingerprint density at radius 2 is 1.58 bits per heavy atom. The molecular weight excluding hydrogens is 324 g/mol. The van der Waals surface area contributed by atoms with E-state index in [2.05, 4.69) is 34.1 Å². The third kappa shape index (κ3) is 5.46.